The van der Waals surface area contributed by atoms with Crippen LogP contribution in [-0.4, -0.2) is 33.0 Å². The van der Waals surface area contributed by atoms with Crippen LogP contribution in [0.15, 0.2) is 95.0 Å². The lowest BCUT2D eigenvalue weighted by atomic mass is 10.0. The molecule has 0 spiro atoms. The predicted molar refractivity (Wildman–Crippen MR) is 165 cm³/mol. The molecule has 6 rings (SSSR count). The van der Waals surface area contributed by atoms with Gasteiger partial charge in [-0.15, -0.1) is 0 Å². The fourth-order valence-electron chi connectivity index (χ4n) is 5.14. The van der Waals surface area contributed by atoms with Crippen molar-refractivity contribution in [1.82, 2.24) is 9.47 Å². The van der Waals surface area contributed by atoms with Crippen molar-refractivity contribution >= 4 is 51.3 Å². The third kappa shape index (κ3) is 4.77. The molecule has 3 heterocycles. The number of hydrogen-bond acceptors (Lipinski definition) is 4. The Morgan fingerprint density at radius 2 is 1.82 bits per heavy atom. The predicted octanol–water partition coefficient (Wildman–Crippen LogP) is 7.46. The molecule has 0 radical (unpaired) electrons. The molecule has 0 saturated heterocycles. The zero-order valence-electron chi connectivity index (χ0n) is 22.7. The summed E-state index contributed by atoms with van der Waals surface area (Å²) in [5.41, 5.74) is 6.39. The molecule has 3 aromatic carbocycles. The molecule has 0 fully saturated rings. The average molecular weight is 547 g/mol. The highest BCUT2D eigenvalue weighted by molar-refractivity contribution is 8.17. The summed E-state index contributed by atoms with van der Waals surface area (Å²) in [6.07, 6.45) is 3.83. The molecule has 0 atom stereocenters. The monoisotopic (exact) mass is 546 g/mol. The first kappa shape index (κ1) is 25.9. The quantitative estimate of drug-likeness (QED) is 0.244. The van der Waals surface area contributed by atoms with Crippen molar-refractivity contribution in [2.24, 2.45) is 4.99 Å². The van der Waals surface area contributed by atoms with Crippen molar-refractivity contribution in [3.8, 4) is 5.75 Å². The van der Waals surface area contributed by atoms with Gasteiger partial charge in [-0.3, -0.25) is 15.1 Å². The van der Waals surface area contributed by atoms with E-state index in [1.165, 1.54) is 22.9 Å². The number of fused-ring (bicyclic) bond motifs is 2. The normalized spacial score (nSPS) is 16.1. The zero-order valence-corrected chi connectivity index (χ0v) is 23.5. The number of para-hydroxylation sites is 1. The van der Waals surface area contributed by atoms with Crippen molar-refractivity contribution in [3.05, 3.63) is 112 Å². The summed E-state index contributed by atoms with van der Waals surface area (Å²) in [7, 11) is 0. The average Bonchev–Trinajstić information content (AvgIpc) is 3.53. The van der Waals surface area contributed by atoms with Crippen LogP contribution in [0.1, 0.15) is 42.0 Å². The van der Waals surface area contributed by atoms with Gasteiger partial charge in [0.2, 0.25) is 0 Å². The molecular formula is C33H30N4O2S. The summed E-state index contributed by atoms with van der Waals surface area (Å²) in [6.45, 7) is 7.58. The van der Waals surface area contributed by atoms with E-state index in [-0.39, 0.29) is 11.4 Å². The minimum absolute atomic E-state index is 0.135. The third-order valence-electron chi connectivity index (χ3n) is 7.18. The number of ether oxygens (including phenoxy) is 1. The maximum Gasteiger partial charge on any atom is 0.283 e. The van der Waals surface area contributed by atoms with Gasteiger partial charge in [-0.1, -0.05) is 86.3 Å². The number of amides is 1. The van der Waals surface area contributed by atoms with Gasteiger partial charge >= 0.3 is 0 Å². The Balaban J connectivity index is 1.29. The van der Waals surface area contributed by atoms with Gasteiger partial charge in [-0.2, -0.15) is 4.99 Å². The topological polar surface area (TPSA) is 70.7 Å². The van der Waals surface area contributed by atoms with E-state index in [0.29, 0.717) is 24.2 Å². The maximum absolute atomic E-state index is 13.1. The van der Waals surface area contributed by atoms with Crippen molar-refractivity contribution < 1.29 is 9.53 Å². The summed E-state index contributed by atoms with van der Waals surface area (Å²) in [5, 5.41) is 12.5. The SMILES string of the molecule is Cc1ccc(C(C)C)c(OCCn2cc(C=C3C(=N)N4C(c5ccccc5)=CSC4=NC3=O)c3ccccc32)c1. The van der Waals surface area contributed by atoms with Gasteiger partial charge in [0.05, 0.1) is 17.8 Å². The molecule has 0 saturated carbocycles. The largest absolute Gasteiger partial charge is 0.491 e. The van der Waals surface area contributed by atoms with Crippen molar-refractivity contribution in [2.75, 3.05) is 6.61 Å². The van der Waals surface area contributed by atoms with Crippen LogP contribution in [0, 0.1) is 12.3 Å². The highest BCUT2D eigenvalue weighted by Crippen LogP contribution is 2.38. The Morgan fingerprint density at radius 3 is 2.62 bits per heavy atom. The Hall–Kier alpha value is -4.36. The lowest BCUT2D eigenvalue weighted by Crippen LogP contribution is -2.38. The molecular weight excluding hydrogens is 516 g/mol. The smallest absolute Gasteiger partial charge is 0.283 e. The molecule has 6 nitrogen and oxygen atoms in total. The van der Waals surface area contributed by atoms with Crippen LogP contribution in [0.4, 0.5) is 0 Å². The highest BCUT2D eigenvalue weighted by atomic mass is 32.2. The molecule has 1 aromatic heterocycles. The van der Waals surface area contributed by atoms with Gasteiger partial charge in [-0.05, 0) is 47.7 Å². The summed E-state index contributed by atoms with van der Waals surface area (Å²) >= 11 is 1.37. The van der Waals surface area contributed by atoms with Gasteiger partial charge < -0.3 is 9.30 Å². The molecule has 1 N–H and O–H groups in total. The standard InChI is InChI=1S/C33H30N4O2S/c1-21(2)25-14-13-22(3)17-30(25)39-16-15-36-19-24(26-11-7-8-12-28(26)36)18-27-31(34)37-29(23-9-5-4-6-10-23)20-40-33(37)35-32(27)38/h4-14,17-21,34H,15-16H2,1-3H3. The van der Waals surface area contributed by atoms with Gasteiger partial charge in [0, 0.05) is 28.1 Å². The number of benzene rings is 3. The fourth-order valence-corrected chi connectivity index (χ4v) is 6.03. The molecule has 0 bridgehead atoms. The van der Waals surface area contributed by atoms with Crippen LogP contribution < -0.4 is 4.74 Å². The van der Waals surface area contributed by atoms with E-state index in [4.69, 9.17) is 10.1 Å². The summed E-state index contributed by atoms with van der Waals surface area (Å²) in [5.74, 6) is 1.04. The number of thioether (sulfide) groups is 1. The van der Waals surface area contributed by atoms with Gasteiger partial charge in [0.1, 0.15) is 18.2 Å². The lowest BCUT2D eigenvalue weighted by Gasteiger charge is -2.26. The first-order valence-electron chi connectivity index (χ1n) is 13.4. The lowest BCUT2D eigenvalue weighted by molar-refractivity contribution is -0.114. The van der Waals surface area contributed by atoms with Gasteiger partial charge in [0.25, 0.3) is 5.91 Å². The first-order chi connectivity index (χ1) is 19.4. The number of aryl methyl sites for hydroxylation is 1. The highest BCUT2D eigenvalue weighted by Gasteiger charge is 2.36. The van der Waals surface area contributed by atoms with E-state index in [1.54, 1.807) is 11.0 Å². The van der Waals surface area contributed by atoms with Crippen molar-refractivity contribution in [2.45, 2.75) is 33.2 Å². The van der Waals surface area contributed by atoms with E-state index in [2.05, 4.69) is 54.6 Å². The molecule has 200 valence electrons. The first-order valence-corrected chi connectivity index (χ1v) is 14.3. The molecule has 1 amide bonds. The fraction of sp³-hybridized carbons (Fsp3) is 0.182. The molecule has 7 heteroatoms. The van der Waals surface area contributed by atoms with Gasteiger partial charge in [0.15, 0.2) is 5.17 Å². The number of nitrogens with one attached hydrogen (secondary N) is 1. The number of carbonyl (C=O) groups is 1. The maximum atomic E-state index is 13.1. The Morgan fingerprint density at radius 1 is 1.05 bits per heavy atom. The zero-order chi connectivity index (χ0) is 27.8. The molecule has 40 heavy (non-hydrogen) atoms. The minimum Gasteiger partial charge on any atom is -0.491 e. The summed E-state index contributed by atoms with van der Waals surface area (Å²) in [4.78, 5) is 19.2. The number of aromatic nitrogens is 1. The number of amidine groups is 2. The van der Waals surface area contributed by atoms with Crippen molar-refractivity contribution in [3.63, 3.8) is 0 Å². The van der Waals surface area contributed by atoms with Crippen LogP contribution >= 0.6 is 11.8 Å². The van der Waals surface area contributed by atoms with Crippen LogP contribution in [0.2, 0.25) is 0 Å². The molecule has 0 unspecified atom stereocenters. The second kappa shape index (κ2) is 10.7. The Bertz CT molecular complexity index is 1730. The van der Waals surface area contributed by atoms with Crippen LogP contribution in [0.25, 0.3) is 22.7 Å². The van der Waals surface area contributed by atoms with E-state index in [9.17, 15) is 4.79 Å². The number of nitrogens with zero attached hydrogens (tertiary/aromatic N) is 3. The third-order valence-corrected chi connectivity index (χ3v) is 8.01. The summed E-state index contributed by atoms with van der Waals surface area (Å²) in [6, 6.07) is 24.4. The molecule has 0 aliphatic carbocycles. The van der Waals surface area contributed by atoms with E-state index >= 15 is 0 Å². The van der Waals surface area contributed by atoms with Gasteiger partial charge in [-0.25, -0.2) is 0 Å². The number of carbonyl (C=O) groups excluding carboxylic acids is 1. The van der Waals surface area contributed by atoms with Crippen LogP contribution in [0.5, 0.6) is 5.75 Å². The summed E-state index contributed by atoms with van der Waals surface area (Å²) < 4.78 is 8.42. The molecule has 4 aromatic rings. The van der Waals surface area contributed by atoms with E-state index in [1.807, 2.05) is 60.1 Å². The van der Waals surface area contributed by atoms with E-state index in [0.717, 1.165) is 33.5 Å². The van der Waals surface area contributed by atoms with Crippen LogP contribution in [-0.2, 0) is 11.3 Å². The molecule has 2 aliphatic rings. The van der Waals surface area contributed by atoms with Crippen LogP contribution in [0.3, 0.4) is 0 Å². The van der Waals surface area contributed by atoms with Crippen molar-refractivity contribution in [1.29, 1.82) is 5.41 Å². The molecule has 2 aliphatic heterocycles. The minimum atomic E-state index is -0.396. The van der Waals surface area contributed by atoms with E-state index < -0.39 is 5.91 Å². The Labute approximate surface area is 238 Å². The second-order valence-electron chi connectivity index (χ2n) is 10.3. The number of hydrogen-bond donors (Lipinski definition) is 1. The second-order valence-corrected chi connectivity index (χ2v) is 11.1. The number of rotatable bonds is 7. The number of aliphatic imine (C=N–C) groups is 1. The Kier molecular flexibility index (Phi) is 6.90.